The van der Waals surface area contributed by atoms with Crippen LogP contribution in [-0.2, 0) is 9.53 Å². The summed E-state index contributed by atoms with van der Waals surface area (Å²) < 4.78 is 5.97. The minimum Gasteiger partial charge on any atom is -0.481 e. The average molecular weight is 308 g/mol. The van der Waals surface area contributed by atoms with Crippen LogP contribution < -0.4 is 0 Å². The zero-order valence-corrected chi connectivity index (χ0v) is 14.1. The maximum Gasteiger partial charge on any atom is 0.303 e. The number of carbonyl (C=O) groups is 1. The molecule has 3 nitrogen and oxygen atoms in total. The van der Waals surface area contributed by atoms with Gasteiger partial charge in [-0.25, -0.2) is 0 Å². The quantitative estimate of drug-likeness (QED) is 0.441. The number of carboxylic acids is 1. The minimum absolute atomic E-state index is 0.273. The largest absolute Gasteiger partial charge is 0.481 e. The maximum absolute atomic E-state index is 10.4. The summed E-state index contributed by atoms with van der Waals surface area (Å²) in [5, 5.41) is 8.58. The van der Waals surface area contributed by atoms with Crippen LogP contribution in [0.25, 0.3) is 0 Å². The van der Waals surface area contributed by atoms with Crippen LogP contribution in [0.5, 0.6) is 0 Å². The Kier molecular flexibility index (Phi) is 10.8. The number of unbranched alkanes of at least 4 members (excludes halogenated alkanes) is 6. The molecule has 1 N–H and O–H groups in total. The zero-order chi connectivity index (χ0) is 16.0. The topological polar surface area (TPSA) is 46.5 Å². The van der Waals surface area contributed by atoms with E-state index in [2.05, 4.69) is 18.8 Å². The molecule has 0 aromatic rings. The van der Waals surface area contributed by atoms with Gasteiger partial charge in [-0.05, 0) is 38.5 Å². The Morgan fingerprint density at radius 1 is 1.14 bits per heavy atom. The molecule has 0 heterocycles. The van der Waals surface area contributed by atoms with Gasteiger partial charge in [-0.3, -0.25) is 4.79 Å². The van der Waals surface area contributed by atoms with Crippen molar-refractivity contribution >= 4 is 5.97 Å². The monoisotopic (exact) mass is 308 g/mol. The number of rotatable bonds is 11. The smallest absolute Gasteiger partial charge is 0.303 e. The van der Waals surface area contributed by atoms with Crippen molar-refractivity contribution in [2.45, 2.75) is 90.1 Å². The summed E-state index contributed by atoms with van der Waals surface area (Å²) in [6.07, 6.45) is 12.9. The molecule has 0 unspecified atom stereocenters. The molecule has 22 heavy (non-hydrogen) atoms. The molecule has 0 aliphatic heterocycles. The van der Waals surface area contributed by atoms with Crippen molar-refractivity contribution in [2.75, 3.05) is 6.61 Å². The van der Waals surface area contributed by atoms with E-state index in [4.69, 9.17) is 9.84 Å². The highest BCUT2D eigenvalue weighted by molar-refractivity contribution is 5.66. The molecule has 0 aromatic heterocycles. The van der Waals surface area contributed by atoms with Crippen LogP contribution in [-0.4, -0.2) is 23.8 Å². The maximum atomic E-state index is 10.4. The van der Waals surface area contributed by atoms with E-state index in [1.54, 1.807) is 0 Å². The lowest BCUT2D eigenvalue weighted by Gasteiger charge is -2.15. The lowest BCUT2D eigenvalue weighted by Crippen LogP contribution is -2.17. The summed E-state index contributed by atoms with van der Waals surface area (Å²) >= 11 is 0. The van der Waals surface area contributed by atoms with Crippen molar-refractivity contribution in [1.29, 1.82) is 0 Å². The molecule has 0 radical (unpaired) electrons. The summed E-state index contributed by atoms with van der Waals surface area (Å²) in [5.74, 6) is 6.49. The lowest BCUT2D eigenvalue weighted by atomic mass is 10.1. The first-order valence-corrected chi connectivity index (χ1v) is 9.05. The first-order chi connectivity index (χ1) is 10.7. The van der Waals surface area contributed by atoms with E-state index in [0.717, 1.165) is 38.7 Å². The van der Waals surface area contributed by atoms with Gasteiger partial charge in [-0.1, -0.05) is 38.5 Å². The van der Waals surface area contributed by atoms with E-state index in [1.165, 1.54) is 38.5 Å². The van der Waals surface area contributed by atoms with Crippen LogP contribution in [0.15, 0.2) is 0 Å². The Morgan fingerprint density at radius 2 is 1.95 bits per heavy atom. The van der Waals surface area contributed by atoms with Gasteiger partial charge in [0.05, 0.1) is 6.10 Å². The molecule has 1 fully saturated rings. The molecule has 3 heteroatoms. The third-order valence-electron chi connectivity index (χ3n) is 4.26. The molecule has 0 bridgehead atoms. The fourth-order valence-corrected chi connectivity index (χ4v) is 2.92. The normalized spacial score (nSPS) is 20.6. The Hall–Kier alpha value is -1.01. The fourth-order valence-electron chi connectivity index (χ4n) is 2.92. The van der Waals surface area contributed by atoms with Crippen LogP contribution in [0.1, 0.15) is 84.0 Å². The van der Waals surface area contributed by atoms with Gasteiger partial charge >= 0.3 is 5.97 Å². The number of hydrogen-bond acceptors (Lipinski definition) is 2. The van der Waals surface area contributed by atoms with Crippen molar-refractivity contribution < 1.29 is 14.6 Å². The Morgan fingerprint density at radius 3 is 2.73 bits per heavy atom. The van der Waals surface area contributed by atoms with Crippen molar-refractivity contribution in [1.82, 2.24) is 0 Å². The van der Waals surface area contributed by atoms with Gasteiger partial charge < -0.3 is 9.84 Å². The molecule has 1 aliphatic carbocycles. The van der Waals surface area contributed by atoms with E-state index >= 15 is 0 Å². The van der Waals surface area contributed by atoms with E-state index in [-0.39, 0.29) is 6.42 Å². The van der Waals surface area contributed by atoms with Gasteiger partial charge in [0.25, 0.3) is 0 Å². The van der Waals surface area contributed by atoms with Crippen molar-refractivity contribution in [3.63, 3.8) is 0 Å². The Balaban J connectivity index is 2.09. The molecule has 2 atom stereocenters. The molecule has 0 spiro atoms. The van der Waals surface area contributed by atoms with E-state index in [1.807, 2.05) is 0 Å². The standard InChI is InChI=1S/C19H32O3/c1-2-3-4-5-6-8-12-17-13-11-14-18(17)22-16-10-7-9-15-19(20)21/h17-18H,2-7,9-11,13-16H2,1H3,(H,20,21)/t17-,18-/m0/s1. The van der Waals surface area contributed by atoms with E-state index < -0.39 is 5.97 Å². The predicted octanol–water partition coefficient (Wildman–Crippen LogP) is 4.79. The highest BCUT2D eigenvalue weighted by Crippen LogP contribution is 2.28. The van der Waals surface area contributed by atoms with E-state index in [9.17, 15) is 4.79 Å². The molecule has 1 rings (SSSR count). The molecule has 0 aromatic carbocycles. The highest BCUT2D eigenvalue weighted by atomic mass is 16.5. The summed E-state index contributed by atoms with van der Waals surface area (Å²) in [6, 6.07) is 0. The van der Waals surface area contributed by atoms with Crippen LogP contribution in [0, 0.1) is 17.8 Å². The zero-order valence-electron chi connectivity index (χ0n) is 14.1. The van der Waals surface area contributed by atoms with Gasteiger partial charge in [-0.2, -0.15) is 0 Å². The average Bonchev–Trinajstić information content (AvgIpc) is 2.93. The molecular formula is C19H32O3. The van der Waals surface area contributed by atoms with Crippen molar-refractivity contribution in [3.8, 4) is 11.8 Å². The van der Waals surface area contributed by atoms with Crippen LogP contribution >= 0.6 is 0 Å². The summed E-state index contributed by atoms with van der Waals surface area (Å²) in [7, 11) is 0. The number of ether oxygens (including phenoxy) is 1. The van der Waals surface area contributed by atoms with Gasteiger partial charge in [0.2, 0.25) is 0 Å². The molecule has 1 saturated carbocycles. The van der Waals surface area contributed by atoms with Crippen molar-refractivity contribution in [3.05, 3.63) is 0 Å². The molecular weight excluding hydrogens is 276 g/mol. The van der Waals surface area contributed by atoms with Gasteiger partial charge in [0, 0.05) is 25.4 Å². The minimum atomic E-state index is -0.703. The predicted molar refractivity (Wildman–Crippen MR) is 89.7 cm³/mol. The van der Waals surface area contributed by atoms with Crippen LogP contribution in [0.3, 0.4) is 0 Å². The third kappa shape index (κ3) is 9.10. The second-order valence-electron chi connectivity index (χ2n) is 6.28. The number of aliphatic carboxylic acids is 1. The first-order valence-electron chi connectivity index (χ1n) is 9.05. The summed E-state index contributed by atoms with van der Waals surface area (Å²) in [4.78, 5) is 10.4. The second kappa shape index (κ2) is 12.5. The Bertz CT molecular complexity index is 353. The molecule has 126 valence electrons. The number of carboxylic acid groups (broad SMARTS) is 1. The second-order valence-corrected chi connectivity index (χ2v) is 6.28. The molecule has 0 saturated heterocycles. The van der Waals surface area contributed by atoms with Gasteiger partial charge in [0.1, 0.15) is 0 Å². The van der Waals surface area contributed by atoms with Crippen LogP contribution in [0.2, 0.25) is 0 Å². The lowest BCUT2D eigenvalue weighted by molar-refractivity contribution is -0.137. The van der Waals surface area contributed by atoms with Gasteiger partial charge in [-0.15, -0.1) is 5.92 Å². The van der Waals surface area contributed by atoms with Crippen LogP contribution in [0.4, 0.5) is 0 Å². The van der Waals surface area contributed by atoms with Gasteiger partial charge in [0.15, 0.2) is 0 Å². The SMILES string of the molecule is CCCCCCC#C[C@H]1CCC[C@@H]1OCCCCCC(=O)O. The highest BCUT2D eigenvalue weighted by Gasteiger charge is 2.26. The number of hydrogen-bond donors (Lipinski definition) is 1. The first kappa shape index (κ1) is 19.0. The summed E-state index contributed by atoms with van der Waals surface area (Å²) in [5.41, 5.74) is 0. The molecule has 0 amide bonds. The van der Waals surface area contributed by atoms with Crippen molar-refractivity contribution in [2.24, 2.45) is 5.92 Å². The summed E-state index contributed by atoms with van der Waals surface area (Å²) in [6.45, 7) is 2.98. The van der Waals surface area contributed by atoms with E-state index in [0.29, 0.717) is 12.0 Å². The fraction of sp³-hybridized carbons (Fsp3) is 0.842. The third-order valence-corrected chi connectivity index (χ3v) is 4.26. The molecule has 1 aliphatic rings. The Labute approximate surface area is 135 Å².